The first-order chi connectivity index (χ1) is 11.6. The van der Waals surface area contributed by atoms with E-state index in [2.05, 4.69) is 28.1 Å². The molecule has 1 aliphatic carbocycles. The minimum Gasteiger partial charge on any atom is -0.349 e. The number of allylic oxidation sites excluding steroid dienone is 2. The third-order valence-corrected chi connectivity index (χ3v) is 4.53. The Kier molecular flexibility index (Phi) is 3.52. The van der Waals surface area contributed by atoms with E-state index in [0.717, 1.165) is 19.3 Å². The Morgan fingerprint density at radius 1 is 1.46 bits per heavy atom. The summed E-state index contributed by atoms with van der Waals surface area (Å²) in [6.07, 6.45) is 8.49. The molecule has 2 aromatic heterocycles. The molecule has 6 heteroatoms. The van der Waals surface area contributed by atoms with Gasteiger partial charge >= 0.3 is 0 Å². The molecule has 1 aromatic carbocycles. The predicted octanol–water partition coefficient (Wildman–Crippen LogP) is 3.60. The van der Waals surface area contributed by atoms with Crippen LogP contribution in [0.2, 0.25) is 0 Å². The summed E-state index contributed by atoms with van der Waals surface area (Å²) < 4.78 is 14.7. The van der Waals surface area contributed by atoms with Gasteiger partial charge in [-0.2, -0.15) is 9.78 Å². The van der Waals surface area contributed by atoms with Gasteiger partial charge in [-0.3, -0.25) is 4.79 Å². The maximum Gasteiger partial charge on any atom is 0.298 e. The molecular formula is C18H17FN4O. The molecule has 3 aromatic rings. The molecule has 1 N–H and O–H groups in total. The van der Waals surface area contributed by atoms with Gasteiger partial charge in [0.2, 0.25) is 0 Å². The van der Waals surface area contributed by atoms with Crippen LogP contribution in [0.5, 0.6) is 0 Å². The van der Waals surface area contributed by atoms with E-state index in [1.807, 2.05) is 6.21 Å². The Morgan fingerprint density at radius 2 is 2.33 bits per heavy atom. The minimum absolute atomic E-state index is 0.282. The molecule has 0 unspecified atom stereocenters. The third-order valence-electron chi connectivity index (χ3n) is 4.53. The van der Waals surface area contributed by atoms with Gasteiger partial charge in [0.1, 0.15) is 23.2 Å². The number of aromatic nitrogens is 3. The van der Waals surface area contributed by atoms with Crippen molar-refractivity contribution in [1.82, 2.24) is 14.6 Å². The van der Waals surface area contributed by atoms with Crippen LogP contribution in [-0.2, 0) is 0 Å². The van der Waals surface area contributed by atoms with Crippen molar-refractivity contribution in [2.24, 2.45) is 11.0 Å². The lowest BCUT2D eigenvalue weighted by atomic mass is 9.91. The summed E-state index contributed by atoms with van der Waals surface area (Å²) in [6.45, 7) is 2.13. The molecule has 0 fully saturated rings. The lowest BCUT2D eigenvalue weighted by Gasteiger charge is -2.15. The Labute approximate surface area is 137 Å². The number of aromatic amines is 1. The number of rotatable bonds is 2. The van der Waals surface area contributed by atoms with Gasteiger partial charge in [-0.05, 0) is 50.3 Å². The van der Waals surface area contributed by atoms with Crippen LogP contribution >= 0.6 is 0 Å². The molecule has 0 spiro atoms. The van der Waals surface area contributed by atoms with E-state index < -0.39 is 0 Å². The molecule has 5 nitrogen and oxygen atoms in total. The summed E-state index contributed by atoms with van der Waals surface area (Å²) in [5.41, 5.74) is 2.62. The molecule has 4 rings (SSSR count). The smallest absolute Gasteiger partial charge is 0.298 e. The van der Waals surface area contributed by atoms with E-state index >= 15 is 0 Å². The van der Waals surface area contributed by atoms with Crippen LogP contribution in [0.25, 0.3) is 21.9 Å². The Morgan fingerprint density at radius 3 is 3.12 bits per heavy atom. The molecule has 0 aliphatic heterocycles. The molecule has 1 atom stereocenters. The highest BCUT2D eigenvalue weighted by Gasteiger charge is 2.13. The first-order valence-corrected chi connectivity index (χ1v) is 8.00. The molecule has 122 valence electrons. The van der Waals surface area contributed by atoms with Crippen molar-refractivity contribution in [2.75, 3.05) is 0 Å². The van der Waals surface area contributed by atoms with Crippen LogP contribution in [-0.4, -0.2) is 20.9 Å². The van der Waals surface area contributed by atoms with Crippen LogP contribution in [0.1, 0.15) is 26.2 Å². The highest BCUT2D eigenvalue weighted by molar-refractivity contribution is 6.04. The summed E-state index contributed by atoms with van der Waals surface area (Å²) in [7, 11) is 0. The van der Waals surface area contributed by atoms with Gasteiger partial charge in [0.15, 0.2) is 0 Å². The van der Waals surface area contributed by atoms with E-state index in [0.29, 0.717) is 27.9 Å². The highest BCUT2D eigenvalue weighted by atomic mass is 19.1. The fourth-order valence-corrected chi connectivity index (χ4v) is 3.09. The number of halogens is 1. The predicted molar refractivity (Wildman–Crippen MR) is 92.8 cm³/mol. The first-order valence-electron chi connectivity index (χ1n) is 8.00. The lowest BCUT2D eigenvalue weighted by molar-refractivity contribution is 0.602. The van der Waals surface area contributed by atoms with Crippen LogP contribution < -0.4 is 5.56 Å². The van der Waals surface area contributed by atoms with E-state index in [4.69, 9.17) is 0 Å². The number of H-pyrrole nitrogens is 1. The second kappa shape index (κ2) is 5.70. The van der Waals surface area contributed by atoms with E-state index in [-0.39, 0.29) is 11.4 Å². The van der Waals surface area contributed by atoms with Crippen molar-refractivity contribution < 1.29 is 4.39 Å². The van der Waals surface area contributed by atoms with Crippen molar-refractivity contribution in [3.63, 3.8) is 0 Å². The van der Waals surface area contributed by atoms with Crippen LogP contribution in [0.15, 0.2) is 46.1 Å². The van der Waals surface area contributed by atoms with Crippen molar-refractivity contribution in [3.8, 4) is 0 Å². The summed E-state index contributed by atoms with van der Waals surface area (Å²) in [5, 5.41) is 4.89. The molecule has 24 heavy (non-hydrogen) atoms. The van der Waals surface area contributed by atoms with Gasteiger partial charge in [-0.1, -0.05) is 11.6 Å². The highest BCUT2D eigenvalue weighted by Crippen LogP contribution is 2.23. The van der Waals surface area contributed by atoms with Gasteiger partial charge in [-0.15, -0.1) is 0 Å². The zero-order valence-corrected chi connectivity index (χ0v) is 13.3. The lowest BCUT2D eigenvalue weighted by Crippen LogP contribution is -2.18. The molecule has 0 saturated carbocycles. The number of fused-ring (bicyclic) bond motifs is 3. The molecular weight excluding hydrogens is 307 g/mol. The molecule has 2 heterocycles. The Bertz CT molecular complexity index is 1040. The largest absolute Gasteiger partial charge is 0.349 e. The summed E-state index contributed by atoms with van der Waals surface area (Å²) in [4.78, 5) is 19.9. The van der Waals surface area contributed by atoms with Crippen LogP contribution in [0.4, 0.5) is 4.39 Å². The topological polar surface area (TPSA) is 63.0 Å². The normalized spacial score (nSPS) is 18.6. The van der Waals surface area contributed by atoms with Crippen molar-refractivity contribution in [3.05, 3.63) is 52.3 Å². The SMILES string of the molecule is CC1=CC[C@@H](C=Nn2cnc3c([nH]c4ccc(F)cc43)c2=O)CC1. The monoisotopic (exact) mass is 324 g/mol. The van der Waals surface area contributed by atoms with Gasteiger partial charge in [-0.25, -0.2) is 9.37 Å². The Balaban J connectivity index is 1.73. The average Bonchev–Trinajstić information content (AvgIpc) is 2.95. The van der Waals surface area contributed by atoms with Crippen molar-refractivity contribution in [2.45, 2.75) is 26.2 Å². The van der Waals surface area contributed by atoms with Crippen molar-refractivity contribution >= 4 is 28.2 Å². The standard InChI is InChI=1S/C18H17FN4O/c1-11-2-4-12(5-3-11)9-21-23-10-20-16-14-8-13(19)6-7-15(14)22-17(16)18(23)24/h2,6-10,12,22H,3-5H2,1H3/t12-/m1/s1. The number of hydrogen-bond acceptors (Lipinski definition) is 3. The second-order valence-electron chi connectivity index (χ2n) is 6.28. The molecule has 1 aliphatic rings. The number of benzene rings is 1. The van der Waals surface area contributed by atoms with E-state index in [9.17, 15) is 9.18 Å². The van der Waals surface area contributed by atoms with Gasteiger partial charge < -0.3 is 4.98 Å². The van der Waals surface area contributed by atoms with E-state index in [1.54, 1.807) is 6.07 Å². The fraction of sp³-hybridized carbons (Fsp3) is 0.278. The molecule has 0 saturated heterocycles. The zero-order valence-electron chi connectivity index (χ0n) is 13.3. The molecule has 0 bridgehead atoms. The number of hydrogen-bond donors (Lipinski definition) is 1. The summed E-state index contributed by atoms with van der Waals surface area (Å²) in [5.74, 6) is -0.0128. The maximum absolute atomic E-state index is 13.4. The number of nitrogens with zero attached hydrogens (tertiary/aromatic N) is 3. The maximum atomic E-state index is 13.4. The average molecular weight is 324 g/mol. The van der Waals surface area contributed by atoms with Crippen LogP contribution in [0.3, 0.4) is 0 Å². The van der Waals surface area contributed by atoms with Crippen molar-refractivity contribution in [1.29, 1.82) is 0 Å². The zero-order chi connectivity index (χ0) is 16.7. The fourth-order valence-electron chi connectivity index (χ4n) is 3.09. The van der Waals surface area contributed by atoms with Crippen LogP contribution in [0, 0.1) is 11.7 Å². The Hall–Kier alpha value is -2.76. The first kappa shape index (κ1) is 14.8. The molecule has 0 radical (unpaired) electrons. The minimum atomic E-state index is -0.354. The van der Waals surface area contributed by atoms with Gasteiger partial charge in [0, 0.05) is 17.1 Å². The van der Waals surface area contributed by atoms with E-state index in [1.165, 1.54) is 28.7 Å². The molecule has 0 amide bonds. The second-order valence-corrected chi connectivity index (χ2v) is 6.28. The number of nitrogens with one attached hydrogen (secondary N) is 1. The summed E-state index contributed by atoms with van der Waals surface area (Å²) >= 11 is 0. The summed E-state index contributed by atoms with van der Waals surface area (Å²) in [6, 6.07) is 4.34. The van der Waals surface area contributed by atoms with Gasteiger partial charge in [0.05, 0.1) is 0 Å². The third kappa shape index (κ3) is 2.54. The van der Waals surface area contributed by atoms with Gasteiger partial charge in [0.25, 0.3) is 5.56 Å². The quantitative estimate of drug-likeness (QED) is 0.578.